The quantitative estimate of drug-likeness (QED) is 0.692. The maximum absolute atomic E-state index is 8.89. The lowest BCUT2D eigenvalue weighted by molar-refractivity contribution is 0.481. The number of rotatable bonds is 1. The first-order chi connectivity index (χ1) is 7.26. The maximum Gasteiger partial charge on any atom is 0.101 e. The van der Waals surface area contributed by atoms with Crippen LogP contribution in [-0.4, -0.2) is 12.6 Å². The van der Waals surface area contributed by atoms with Crippen LogP contribution in [0.1, 0.15) is 24.5 Å². The molecule has 15 heavy (non-hydrogen) atoms. The molecule has 1 unspecified atom stereocenters. The van der Waals surface area contributed by atoms with E-state index < -0.39 is 0 Å². The van der Waals surface area contributed by atoms with Gasteiger partial charge in [0.05, 0.1) is 11.1 Å². The van der Waals surface area contributed by atoms with Gasteiger partial charge in [0, 0.05) is 18.3 Å². The molecule has 0 radical (unpaired) electrons. The van der Waals surface area contributed by atoms with Gasteiger partial charge in [0.15, 0.2) is 0 Å². The Morgan fingerprint density at radius 1 is 1.27 bits per heavy atom. The molecule has 0 N–H and O–H groups in total. The average Bonchev–Trinajstić information content (AvgIpc) is 2.26. The molecule has 0 bridgehead atoms. The number of hydrogen-bond acceptors (Lipinski definition) is 3. The number of hydrogen-bond donors (Lipinski definition) is 0. The minimum atomic E-state index is 0.453. The molecule has 1 aromatic carbocycles. The third-order valence-electron chi connectivity index (χ3n) is 2.90. The van der Waals surface area contributed by atoms with Crippen molar-refractivity contribution in [2.24, 2.45) is 0 Å². The summed E-state index contributed by atoms with van der Waals surface area (Å²) < 4.78 is 0. The predicted octanol–water partition coefficient (Wildman–Crippen LogP) is 2.03. The van der Waals surface area contributed by atoms with Crippen LogP contribution in [0.5, 0.6) is 0 Å². The van der Waals surface area contributed by atoms with Crippen LogP contribution >= 0.6 is 0 Å². The van der Waals surface area contributed by atoms with Crippen LogP contribution in [0.2, 0.25) is 0 Å². The highest BCUT2D eigenvalue weighted by atomic mass is 15.2. The zero-order chi connectivity index (χ0) is 10.8. The molecule has 1 fully saturated rings. The summed E-state index contributed by atoms with van der Waals surface area (Å²) in [6, 6.07) is 10.1. The van der Waals surface area contributed by atoms with Crippen LogP contribution in [-0.2, 0) is 0 Å². The summed E-state index contributed by atoms with van der Waals surface area (Å²) >= 11 is 0. The van der Waals surface area contributed by atoms with Gasteiger partial charge in [-0.2, -0.15) is 10.5 Å². The number of nitrogens with zero attached hydrogens (tertiary/aromatic N) is 3. The van der Waals surface area contributed by atoms with Gasteiger partial charge >= 0.3 is 0 Å². The molecule has 0 aromatic heterocycles. The number of nitriles is 2. The Hall–Kier alpha value is -2.00. The molecule has 0 amide bonds. The van der Waals surface area contributed by atoms with Gasteiger partial charge in [-0.15, -0.1) is 0 Å². The molecule has 1 aliphatic heterocycles. The standard InChI is InChI=1S/C12H11N3/c1-9-4-5-15(9)12-3-2-10(7-13)11(6-12)8-14/h2-3,6,9H,4-5H2,1H3. The molecular weight excluding hydrogens is 186 g/mol. The molecule has 3 heteroatoms. The van der Waals surface area contributed by atoms with Crippen molar-refractivity contribution in [3.05, 3.63) is 29.3 Å². The molecule has 1 atom stereocenters. The predicted molar refractivity (Wildman–Crippen MR) is 57.3 cm³/mol. The zero-order valence-electron chi connectivity index (χ0n) is 8.57. The fourth-order valence-corrected chi connectivity index (χ4v) is 1.80. The van der Waals surface area contributed by atoms with Crippen molar-refractivity contribution in [2.45, 2.75) is 19.4 Å². The van der Waals surface area contributed by atoms with Gasteiger partial charge in [-0.3, -0.25) is 0 Å². The van der Waals surface area contributed by atoms with E-state index in [2.05, 4.69) is 17.9 Å². The van der Waals surface area contributed by atoms with Crippen molar-refractivity contribution >= 4 is 5.69 Å². The van der Waals surface area contributed by atoms with E-state index in [-0.39, 0.29) is 0 Å². The van der Waals surface area contributed by atoms with E-state index in [1.165, 1.54) is 6.42 Å². The third kappa shape index (κ3) is 1.53. The average molecular weight is 197 g/mol. The summed E-state index contributed by atoms with van der Waals surface area (Å²) in [5.74, 6) is 0. The van der Waals surface area contributed by atoms with Crippen LogP contribution < -0.4 is 4.90 Å². The number of benzene rings is 1. The van der Waals surface area contributed by atoms with E-state index in [0.717, 1.165) is 12.2 Å². The van der Waals surface area contributed by atoms with Crippen LogP contribution in [0.25, 0.3) is 0 Å². The van der Waals surface area contributed by atoms with Gasteiger partial charge in [-0.05, 0) is 31.5 Å². The Kier molecular flexibility index (Phi) is 2.31. The van der Waals surface area contributed by atoms with Gasteiger partial charge in [-0.25, -0.2) is 0 Å². The van der Waals surface area contributed by atoms with Crippen LogP contribution in [0.3, 0.4) is 0 Å². The van der Waals surface area contributed by atoms with E-state index in [0.29, 0.717) is 17.2 Å². The molecule has 1 heterocycles. The minimum absolute atomic E-state index is 0.453. The second kappa shape index (κ2) is 3.63. The first-order valence-electron chi connectivity index (χ1n) is 4.97. The first-order valence-corrected chi connectivity index (χ1v) is 4.97. The SMILES string of the molecule is CC1CCN1c1ccc(C#N)c(C#N)c1. The smallest absolute Gasteiger partial charge is 0.101 e. The Morgan fingerprint density at radius 3 is 2.47 bits per heavy atom. The molecule has 3 nitrogen and oxygen atoms in total. The largest absolute Gasteiger partial charge is 0.369 e. The van der Waals surface area contributed by atoms with E-state index in [9.17, 15) is 0 Å². The lowest BCUT2D eigenvalue weighted by Gasteiger charge is -2.40. The lowest BCUT2D eigenvalue weighted by atomic mass is 10.0. The van der Waals surface area contributed by atoms with Crippen molar-refractivity contribution in [3.63, 3.8) is 0 Å². The van der Waals surface area contributed by atoms with Crippen molar-refractivity contribution < 1.29 is 0 Å². The minimum Gasteiger partial charge on any atom is -0.369 e. The van der Waals surface area contributed by atoms with Gasteiger partial charge in [0.1, 0.15) is 12.1 Å². The monoisotopic (exact) mass is 197 g/mol. The van der Waals surface area contributed by atoms with Gasteiger partial charge in [-0.1, -0.05) is 0 Å². The topological polar surface area (TPSA) is 50.8 Å². The van der Waals surface area contributed by atoms with Crippen molar-refractivity contribution in [1.82, 2.24) is 0 Å². The molecule has 0 saturated carbocycles. The highest BCUT2D eigenvalue weighted by Crippen LogP contribution is 2.27. The summed E-state index contributed by atoms with van der Waals surface area (Å²) in [5.41, 5.74) is 1.97. The highest BCUT2D eigenvalue weighted by Gasteiger charge is 2.23. The Morgan fingerprint density at radius 2 is 2.00 bits per heavy atom. The zero-order valence-corrected chi connectivity index (χ0v) is 8.57. The Labute approximate surface area is 89.2 Å². The molecule has 1 aliphatic rings. The fraction of sp³-hybridized carbons (Fsp3) is 0.333. The van der Waals surface area contributed by atoms with Crippen LogP contribution in [0.15, 0.2) is 18.2 Å². The van der Waals surface area contributed by atoms with Gasteiger partial charge in [0.2, 0.25) is 0 Å². The molecule has 0 aliphatic carbocycles. The summed E-state index contributed by atoms with van der Waals surface area (Å²) in [5, 5.41) is 17.7. The fourth-order valence-electron chi connectivity index (χ4n) is 1.80. The summed E-state index contributed by atoms with van der Waals surface area (Å²) in [6.07, 6.45) is 1.20. The van der Waals surface area contributed by atoms with E-state index in [1.54, 1.807) is 12.1 Å². The molecule has 1 aromatic rings. The Bertz CT molecular complexity index is 465. The lowest BCUT2D eigenvalue weighted by Crippen LogP contribution is -2.45. The summed E-state index contributed by atoms with van der Waals surface area (Å²) in [4.78, 5) is 2.24. The Balaban J connectivity index is 2.37. The van der Waals surface area contributed by atoms with E-state index >= 15 is 0 Å². The molecule has 0 spiro atoms. The van der Waals surface area contributed by atoms with Crippen molar-refractivity contribution in [2.75, 3.05) is 11.4 Å². The maximum atomic E-state index is 8.89. The van der Waals surface area contributed by atoms with Crippen LogP contribution in [0.4, 0.5) is 5.69 Å². The first kappa shape index (κ1) is 9.55. The summed E-state index contributed by atoms with van der Waals surface area (Å²) in [7, 11) is 0. The van der Waals surface area contributed by atoms with Crippen LogP contribution in [0, 0.1) is 22.7 Å². The molecular formula is C12H11N3. The van der Waals surface area contributed by atoms with E-state index in [4.69, 9.17) is 10.5 Å². The molecule has 74 valence electrons. The molecule has 1 saturated heterocycles. The van der Waals surface area contributed by atoms with Gasteiger partial charge < -0.3 is 4.90 Å². The number of anilines is 1. The molecule has 2 rings (SSSR count). The second-order valence-corrected chi connectivity index (χ2v) is 3.78. The van der Waals surface area contributed by atoms with Crippen molar-refractivity contribution in [1.29, 1.82) is 10.5 Å². The van der Waals surface area contributed by atoms with Crippen molar-refractivity contribution in [3.8, 4) is 12.1 Å². The summed E-state index contributed by atoms with van der Waals surface area (Å²) in [6.45, 7) is 3.20. The van der Waals surface area contributed by atoms with Gasteiger partial charge in [0.25, 0.3) is 0 Å². The normalized spacial score (nSPS) is 18.9. The third-order valence-corrected chi connectivity index (χ3v) is 2.90. The second-order valence-electron chi connectivity index (χ2n) is 3.78. The van der Waals surface area contributed by atoms with E-state index in [1.807, 2.05) is 12.1 Å². The highest BCUT2D eigenvalue weighted by molar-refractivity contribution is 5.59.